The summed E-state index contributed by atoms with van der Waals surface area (Å²) in [5.41, 5.74) is 0. The average molecular weight is 362 g/mol. The maximum absolute atomic E-state index is 12.1. The Morgan fingerprint density at radius 2 is 1.84 bits per heavy atom. The lowest BCUT2D eigenvalue weighted by molar-refractivity contribution is -0.167. The second-order valence-corrected chi connectivity index (χ2v) is 6.49. The van der Waals surface area contributed by atoms with Gasteiger partial charge in [0.1, 0.15) is 19.7 Å². The molecule has 0 aromatic heterocycles. The summed E-state index contributed by atoms with van der Waals surface area (Å²) in [7, 11) is 3.08. The van der Waals surface area contributed by atoms with Crippen LogP contribution in [0.5, 0.6) is 0 Å². The second-order valence-electron chi connectivity index (χ2n) is 6.49. The Bertz CT molecular complexity index is 350. The van der Waals surface area contributed by atoms with Crippen LogP contribution >= 0.6 is 0 Å². The fourth-order valence-electron chi connectivity index (χ4n) is 2.98. The molecule has 1 N–H and O–H groups in total. The molecular formula is C18H34O7. The summed E-state index contributed by atoms with van der Waals surface area (Å²) in [5, 5.41) is 10.6. The molecule has 7 heteroatoms. The SMILES string of the molecule is CCCCC[C@@H]1C[C@H](OCOC)[C@@H](O)C[C@@H](OCOC)CCC(=O)O1. The smallest absolute Gasteiger partial charge is 0.306 e. The van der Waals surface area contributed by atoms with Crippen LogP contribution in [0.25, 0.3) is 0 Å². The summed E-state index contributed by atoms with van der Waals surface area (Å²) in [4.78, 5) is 12.1. The predicted octanol–water partition coefficient (Wildman–Crippen LogP) is 2.39. The van der Waals surface area contributed by atoms with Gasteiger partial charge in [0.05, 0.1) is 18.3 Å². The number of esters is 1. The topological polar surface area (TPSA) is 83.5 Å². The number of hydrogen-bond acceptors (Lipinski definition) is 7. The Labute approximate surface area is 150 Å². The molecule has 0 unspecified atom stereocenters. The molecule has 0 saturated carbocycles. The van der Waals surface area contributed by atoms with E-state index in [1.807, 2.05) is 0 Å². The third-order valence-electron chi connectivity index (χ3n) is 4.35. The fourth-order valence-corrected chi connectivity index (χ4v) is 2.98. The van der Waals surface area contributed by atoms with Crippen LogP contribution in [0.1, 0.15) is 58.3 Å². The van der Waals surface area contributed by atoms with Crippen molar-refractivity contribution in [3.63, 3.8) is 0 Å². The largest absolute Gasteiger partial charge is 0.462 e. The van der Waals surface area contributed by atoms with Crippen LogP contribution < -0.4 is 0 Å². The molecule has 148 valence electrons. The van der Waals surface area contributed by atoms with Crippen molar-refractivity contribution in [3.8, 4) is 0 Å². The van der Waals surface area contributed by atoms with Crippen molar-refractivity contribution in [2.24, 2.45) is 0 Å². The predicted molar refractivity (Wildman–Crippen MR) is 92.0 cm³/mol. The van der Waals surface area contributed by atoms with Crippen LogP contribution in [-0.4, -0.2) is 63.3 Å². The molecule has 1 rings (SSSR count). The van der Waals surface area contributed by atoms with Gasteiger partial charge in [-0.05, 0) is 19.3 Å². The van der Waals surface area contributed by atoms with Gasteiger partial charge in [0.2, 0.25) is 0 Å². The number of rotatable bonds is 10. The standard InChI is InChI=1S/C18H34O7/c1-4-5-6-7-15-11-17(24-13-22-3)16(19)10-14(23-12-21-2)8-9-18(20)25-15/h14-17,19H,4-13H2,1-3H3/t14-,15+,16-,17-/m0/s1. The highest BCUT2D eigenvalue weighted by Crippen LogP contribution is 2.23. The zero-order valence-corrected chi connectivity index (χ0v) is 15.8. The molecule has 0 bridgehead atoms. The van der Waals surface area contributed by atoms with Gasteiger partial charge in [-0.3, -0.25) is 4.79 Å². The molecule has 1 saturated heterocycles. The molecular weight excluding hydrogens is 328 g/mol. The van der Waals surface area contributed by atoms with Crippen molar-refractivity contribution in [1.82, 2.24) is 0 Å². The van der Waals surface area contributed by atoms with Crippen molar-refractivity contribution in [2.45, 2.75) is 82.7 Å². The van der Waals surface area contributed by atoms with Crippen molar-refractivity contribution in [2.75, 3.05) is 27.8 Å². The number of aliphatic hydroxyl groups is 1. The number of carbonyl (C=O) groups is 1. The van der Waals surface area contributed by atoms with Crippen molar-refractivity contribution in [1.29, 1.82) is 0 Å². The lowest BCUT2D eigenvalue weighted by atomic mass is 9.96. The molecule has 0 radical (unpaired) electrons. The Morgan fingerprint density at radius 3 is 2.52 bits per heavy atom. The zero-order valence-electron chi connectivity index (χ0n) is 15.8. The van der Waals surface area contributed by atoms with Gasteiger partial charge in [0, 0.05) is 33.5 Å². The number of carbonyl (C=O) groups excluding carboxylic acids is 1. The lowest BCUT2D eigenvalue weighted by Crippen LogP contribution is -2.39. The number of unbranched alkanes of at least 4 members (excludes halogenated alkanes) is 2. The van der Waals surface area contributed by atoms with Crippen molar-refractivity contribution in [3.05, 3.63) is 0 Å². The second kappa shape index (κ2) is 13.5. The first kappa shape index (κ1) is 22.3. The van der Waals surface area contributed by atoms with Gasteiger partial charge in [0.15, 0.2) is 0 Å². The first-order chi connectivity index (χ1) is 12.1. The number of cyclic esters (lactones) is 1. The van der Waals surface area contributed by atoms with E-state index < -0.39 is 12.2 Å². The number of hydrogen-bond donors (Lipinski definition) is 1. The molecule has 0 amide bonds. The third-order valence-corrected chi connectivity index (χ3v) is 4.35. The molecule has 0 aromatic rings. The van der Waals surface area contributed by atoms with Crippen LogP contribution in [0.3, 0.4) is 0 Å². The summed E-state index contributed by atoms with van der Waals surface area (Å²) in [5.74, 6) is -0.227. The summed E-state index contributed by atoms with van der Waals surface area (Å²) >= 11 is 0. The zero-order chi connectivity index (χ0) is 18.5. The van der Waals surface area contributed by atoms with Gasteiger partial charge >= 0.3 is 5.97 Å². The normalized spacial score (nSPS) is 28.6. The number of ether oxygens (including phenoxy) is 5. The van der Waals surface area contributed by atoms with Crippen LogP contribution in [0.2, 0.25) is 0 Å². The van der Waals surface area contributed by atoms with E-state index in [1.165, 1.54) is 14.2 Å². The minimum Gasteiger partial charge on any atom is -0.462 e. The van der Waals surface area contributed by atoms with Crippen LogP contribution in [0.4, 0.5) is 0 Å². The Hall–Kier alpha value is -0.730. The van der Waals surface area contributed by atoms with Gasteiger partial charge in [0.25, 0.3) is 0 Å². The molecule has 1 fully saturated rings. The molecule has 1 aliphatic rings. The van der Waals surface area contributed by atoms with Crippen molar-refractivity contribution < 1.29 is 33.6 Å². The van der Waals surface area contributed by atoms with E-state index in [1.54, 1.807) is 0 Å². The van der Waals surface area contributed by atoms with Crippen LogP contribution in [0.15, 0.2) is 0 Å². The maximum Gasteiger partial charge on any atom is 0.306 e. The van der Waals surface area contributed by atoms with E-state index >= 15 is 0 Å². The van der Waals surface area contributed by atoms with Crippen molar-refractivity contribution >= 4 is 5.97 Å². The Kier molecular flexibility index (Phi) is 12.0. The summed E-state index contributed by atoms with van der Waals surface area (Å²) in [6.07, 6.45) is 3.84. The highest BCUT2D eigenvalue weighted by atomic mass is 16.7. The number of aliphatic hydroxyl groups excluding tert-OH is 1. The van der Waals surface area contributed by atoms with Gasteiger partial charge in [-0.25, -0.2) is 0 Å². The van der Waals surface area contributed by atoms with E-state index in [4.69, 9.17) is 23.7 Å². The first-order valence-corrected chi connectivity index (χ1v) is 9.19. The van der Waals surface area contributed by atoms with Gasteiger partial charge in [-0.2, -0.15) is 0 Å². The fraction of sp³-hybridized carbons (Fsp3) is 0.944. The quantitative estimate of drug-likeness (QED) is 0.363. The average Bonchev–Trinajstić information content (AvgIpc) is 2.60. The van der Waals surface area contributed by atoms with E-state index in [0.29, 0.717) is 19.3 Å². The van der Waals surface area contributed by atoms with Gasteiger partial charge < -0.3 is 28.8 Å². The maximum atomic E-state index is 12.1. The first-order valence-electron chi connectivity index (χ1n) is 9.19. The number of methoxy groups -OCH3 is 2. The molecule has 1 aliphatic heterocycles. The highest BCUT2D eigenvalue weighted by molar-refractivity contribution is 5.69. The lowest BCUT2D eigenvalue weighted by Gasteiger charge is -2.31. The molecule has 25 heavy (non-hydrogen) atoms. The minimum atomic E-state index is -0.720. The van der Waals surface area contributed by atoms with E-state index in [0.717, 1.165) is 25.7 Å². The Balaban J connectivity index is 2.75. The van der Waals surface area contributed by atoms with Gasteiger partial charge in [-0.15, -0.1) is 0 Å². The van der Waals surface area contributed by atoms with E-state index in [2.05, 4.69) is 6.92 Å². The summed E-state index contributed by atoms with van der Waals surface area (Å²) in [6.45, 7) is 2.34. The molecule has 7 nitrogen and oxygen atoms in total. The summed E-state index contributed by atoms with van der Waals surface area (Å²) < 4.78 is 26.7. The van der Waals surface area contributed by atoms with E-state index in [9.17, 15) is 9.90 Å². The molecule has 0 spiro atoms. The molecule has 0 aliphatic carbocycles. The molecule has 4 atom stereocenters. The molecule has 1 heterocycles. The minimum absolute atomic E-state index is 0.0843. The molecule has 0 aromatic carbocycles. The Morgan fingerprint density at radius 1 is 1.12 bits per heavy atom. The van der Waals surface area contributed by atoms with Crippen LogP contribution in [-0.2, 0) is 28.5 Å². The van der Waals surface area contributed by atoms with Crippen LogP contribution in [0, 0.1) is 0 Å². The van der Waals surface area contributed by atoms with E-state index in [-0.39, 0.29) is 38.2 Å². The highest BCUT2D eigenvalue weighted by Gasteiger charge is 2.30. The van der Waals surface area contributed by atoms with Gasteiger partial charge in [-0.1, -0.05) is 19.8 Å². The summed E-state index contributed by atoms with van der Waals surface area (Å²) in [6, 6.07) is 0. The monoisotopic (exact) mass is 362 g/mol. The third kappa shape index (κ3) is 9.51.